The van der Waals surface area contributed by atoms with Gasteiger partial charge in [0.2, 0.25) is 15.9 Å². The van der Waals surface area contributed by atoms with Gasteiger partial charge in [0.25, 0.3) is 0 Å². The van der Waals surface area contributed by atoms with E-state index in [-0.39, 0.29) is 11.9 Å². The Kier molecular flexibility index (Phi) is 5.96. The van der Waals surface area contributed by atoms with Crippen molar-refractivity contribution < 1.29 is 13.2 Å². The summed E-state index contributed by atoms with van der Waals surface area (Å²) in [4.78, 5) is 24.9. The molecular formula is C16H20N4O3S3. The number of piperidine rings is 1. The third kappa shape index (κ3) is 4.61. The number of aryl methyl sites for hydroxylation is 1. The summed E-state index contributed by atoms with van der Waals surface area (Å²) in [6.45, 7) is 6.40. The minimum Gasteiger partial charge on any atom is -0.342 e. The van der Waals surface area contributed by atoms with Gasteiger partial charge in [0.15, 0.2) is 0 Å². The minimum absolute atomic E-state index is 0.0405. The van der Waals surface area contributed by atoms with Crippen LogP contribution in [0, 0.1) is 6.92 Å². The summed E-state index contributed by atoms with van der Waals surface area (Å²) in [5.74, 6) is 0.350. The Bertz CT molecular complexity index is 918. The van der Waals surface area contributed by atoms with Gasteiger partial charge in [-0.15, -0.1) is 11.3 Å². The second-order valence-electron chi connectivity index (χ2n) is 6.03. The smallest absolute Gasteiger partial charge is 0.233 e. The van der Waals surface area contributed by atoms with Crippen molar-refractivity contribution in [3.63, 3.8) is 0 Å². The Labute approximate surface area is 161 Å². The normalized spacial score (nSPS) is 16.1. The summed E-state index contributed by atoms with van der Waals surface area (Å²) in [6, 6.07) is 1.90. The number of thioether (sulfide) groups is 1. The molecule has 0 aromatic carbocycles. The van der Waals surface area contributed by atoms with Gasteiger partial charge < -0.3 is 4.90 Å². The molecule has 1 aliphatic rings. The molecule has 0 unspecified atom stereocenters. The standard InChI is InChI=1S/C16H20N4O3S3/c1-3-26(22,23)19-12-4-6-20(7-5-12)14(21)9-24-15-13-8-11(2)25-16(13)18-10-17-15/h3,8,10,12,19H,1,4-7,9H2,2H3. The molecule has 0 atom stereocenters. The zero-order chi connectivity index (χ0) is 18.7. The Hall–Kier alpha value is -1.49. The van der Waals surface area contributed by atoms with E-state index in [1.165, 1.54) is 18.1 Å². The minimum atomic E-state index is -3.43. The van der Waals surface area contributed by atoms with Crippen LogP contribution in [0.25, 0.3) is 10.2 Å². The molecule has 2 aromatic heterocycles. The Morgan fingerprint density at radius 3 is 2.88 bits per heavy atom. The van der Waals surface area contributed by atoms with Crippen molar-refractivity contribution in [3.05, 3.63) is 29.3 Å². The van der Waals surface area contributed by atoms with Gasteiger partial charge in [-0.05, 0) is 25.8 Å². The molecule has 0 bridgehead atoms. The number of thiophene rings is 1. The van der Waals surface area contributed by atoms with Crippen molar-refractivity contribution in [2.75, 3.05) is 18.8 Å². The maximum atomic E-state index is 12.5. The van der Waals surface area contributed by atoms with Gasteiger partial charge >= 0.3 is 0 Å². The predicted octanol–water partition coefficient (Wildman–Crippen LogP) is 2.15. The van der Waals surface area contributed by atoms with Gasteiger partial charge in [-0.1, -0.05) is 18.3 Å². The lowest BCUT2D eigenvalue weighted by atomic mass is 10.1. The first kappa shape index (κ1) is 19.3. The summed E-state index contributed by atoms with van der Waals surface area (Å²) in [5, 5.41) is 2.72. The molecule has 1 aliphatic heterocycles. The molecular weight excluding hydrogens is 392 g/mol. The van der Waals surface area contributed by atoms with Crippen LogP contribution in [0.5, 0.6) is 0 Å². The topological polar surface area (TPSA) is 92.3 Å². The molecule has 0 spiro atoms. The van der Waals surface area contributed by atoms with Gasteiger partial charge in [0, 0.05) is 34.8 Å². The first-order chi connectivity index (χ1) is 12.4. The molecule has 26 heavy (non-hydrogen) atoms. The number of rotatable bonds is 6. The van der Waals surface area contributed by atoms with Gasteiger partial charge in [-0.25, -0.2) is 23.1 Å². The van der Waals surface area contributed by atoms with Crippen LogP contribution in [-0.4, -0.2) is 54.1 Å². The number of likely N-dealkylation sites (tertiary alicyclic amines) is 1. The number of carbonyl (C=O) groups is 1. The van der Waals surface area contributed by atoms with Crippen molar-refractivity contribution in [2.24, 2.45) is 0 Å². The van der Waals surface area contributed by atoms with Crippen LogP contribution in [0.15, 0.2) is 29.4 Å². The molecule has 1 amide bonds. The lowest BCUT2D eigenvalue weighted by molar-refractivity contribution is -0.129. The van der Waals surface area contributed by atoms with Crippen LogP contribution >= 0.6 is 23.1 Å². The van der Waals surface area contributed by atoms with Crippen molar-refractivity contribution >= 4 is 49.2 Å². The first-order valence-corrected chi connectivity index (χ1v) is 11.5. The molecule has 1 saturated heterocycles. The highest BCUT2D eigenvalue weighted by molar-refractivity contribution is 8.00. The van der Waals surface area contributed by atoms with E-state index < -0.39 is 10.0 Å². The highest BCUT2D eigenvalue weighted by atomic mass is 32.2. The number of carbonyl (C=O) groups excluding carboxylic acids is 1. The van der Waals surface area contributed by atoms with Crippen molar-refractivity contribution in [1.82, 2.24) is 19.6 Å². The number of hydrogen-bond donors (Lipinski definition) is 1. The molecule has 1 N–H and O–H groups in total. The van der Waals surface area contributed by atoms with Gasteiger partial charge in [0.05, 0.1) is 5.75 Å². The lowest BCUT2D eigenvalue weighted by Gasteiger charge is -2.32. The zero-order valence-electron chi connectivity index (χ0n) is 14.3. The first-order valence-electron chi connectivity index (χ1n) is 8.14. The van der Waals surface area contributed by atoms with E-state index in [0.717, 1.165) is 25.5 Å². The van der Waals surface area contributed by atoms with Crippen molar-refractivity contribution in [3.8, 4) is 0 Å². The van der Waals surface area contributed by atoms with E-state index >= 15 is 0 Å². The summed E-state index contributed by atoms with van der Waals surface area (Å²) < 4.78 is 25.6. The van der Waals surface area contributed by atoms with E-state index in [2.05, 4.69) is 21.3 Å². The molecule has 0 saturated carbocycles. The number of sulfonamides is 1. The molecule has 140 valence electrons. The van der Waals surface area contributed by atoms with Crippen LogP contribution in [0.4, 0.5) is 0 Å². The molecule has 7 nitrogen and oxygen atoms in total. The zero-order valence-corrected chi connectivity index (χ0v) is 16.8. The van der Waals surface area contributed by atoms with Crippen LogP contribution < -0.4 is 4.72 Å². The third-order valence-corrected chi connectivity index (χ3v) is 7.20. The Balaban J connectivity index is 1.54. The van der Waals surface area contributed by atoms with E-state index in [9.17, 15) is 13.2 Å². The maximum Gasteiger partial charge on any atom is 0.233 e. The third-order valence-electron chi connectivity index (χ3n) is 4.15. The second-order valence-corrected chi connectivity index (χ2v) is 9.89. The fourth-order valence-corrected chi connectivity index (χ4v) is 5.40. The SMILES string of the molecule is C=CS(=O)(=O)NC1CCN(C(=O)CSc2ncnc3sc(C)cc23)CC1. The molecule has 3 rings (SSSR count). The van der Waals surface area contributed by atoms with E-state index in [1.54, 1.807) is 16.2 Å². The van der Waals surface area contributed by atoms with Gasteiger partial charge in [0.1, 0.15) is 16.2 Å². The number of fused-ring (bicyclic) bond motifs is 1. The summed E-state index contributed by atoms with van der Waals surface area (Å²) in [5.41, 5.74) is 0. The summed E-state index contributed by atoms with van der Waals surface area (Å²) >= 11 is 3.03. The average Bonchev–Trinajstić information content (AvgIpc) is 3.00. The van der Waals surface area contributed by atoms with Crippen LogP contribution in [0.1, 0.15) is 17.7 Å². The van der Waals surface area contributed by atoms with Crippen molar-refractivity contribution in [2.45, 2.75) is 30.8 Å². The van der Waals surface area contributed by atoms with Gasteiger partial charge in [-0.2, -0.15) is 0 Å². The van der Waals surface area contributed by atoms with E-state index in [4.69, 9.17) is 0 Å². The lowest BCUT2D eigenvalue weighted by Crippen LogP contribution is -2.46. The average molecular weight is 413 g/mol. The Morgan fingerprint density at radius 2 is 2.19 bits per heavy atom. The second kappa shape index (κ2) is 8.03. The monoisotopic (exact) mass is 412 g/mol. The highest BCUT2D eigenvalue weighted by Gasteiger charge is 2.25. The van der Waals surface area contributed by atoms with E-state index in [0.29, 0.717) is 31.7 Å². The number of hydrogen-bond acceptors (Lipinski definition) is 7. The fraction of sp³-hybridized carbons (Fsp3) is 0.438. The molecule has 0 aliphatic carbocycles. The largest absolute Gasteiger partial charge is 0.342 e. The van der Waals surface area contributed by atoms with Crippen LogP contribution in [-0.2, 0) is 14.8 Å². The quantitative estimate of drug-likeness (QED) is 0.577. The summed E-state index contributed by atoms with van der Waals surface area (Å²) in [7, 11) is -3.43. The number of nitrogens with zero attached hydrogens (tertiary/aromatic N) is 3. The van der Waals surface area contributed by atoms with Gasteiger partial charge in [-0.3, -0.25) is 4.79 Å². The highest BCUT2D eigenvalue weighted by Crippen LogP contribution is 2.30. The molecule has 3 heterocycles. The molecule has 1 fully saturated rings. The molecule has 0 radical (unpaired) electrons. The van der Waals surface area contributed by atoms with Crippen molar-refractivity contribution in [1.29, 1.82) is 0 Å². The van der Waals surface area contributed by atoms with Crippen LogP contribution in [0.2, 0.25) is 0 Å². The molecule has 2 aromatic rings. The fourth-order valence-electron chi connectivity index (χ4n) is 2.82. The number of aromatic nitrogens is 2. The molecule has 10 heteroatoms. The Morgan fingerprint density at radius 1 is 1.46 bits per heavy atom. The predicted molar refractivity (Wildman–Crippen MR) is 105 cm³/mol. The maximum absolute atomic E-state index is 12.5. The summed E-state index contributed by atoms with van der Waals surface area (Å²) in [6.07, 6.45) is 2.73. The van der Waals surface area contributed by atoms with Crippen LogP contribution in [0.3, 0.4) is 0 Å². The number of amides is 1. The number of nitrogens with one attached hydrogen (secondary N) is 1. The van der Waals surface area contributed by atoms with E-state index in [1.807, 2.05) is 13.0 Å².